The maximum absolute atomic E-state index is 9.88. The van der Waals surface area contributed by atoms with Gasteiger partial charge in [0.15, 0.2) is 11.5 Å². The van der Waals surface area contributed by atoms with E-state index in [1.807, 2.05) is 0 Å². The van der Waals surface area contributed by atoms with Crippen molar-refractivity contribution < 1.29 is 10.2 Å². The number of phenolic OH excluding ortho intramolecular Hbond substituents is 2. The van der Waals surface area contributed by atoms with Crippen molar-refractivity contribution in [1.29, 1.82) is 0 Å². The highest BCUT2D eigenvalue weighted by atomic mass is 79.9. The summed E-state index contributed by atoms with van der Waals surface area (Å²) in [5.41, 5.74) is 3.77. The lowest BCUT2D eigenvalue weighted by Crippen LogP contribution is -2.45. The van der Waals surface area contributed by atoms with Crippen molar-refractivity contribution in [2.24, 2.45) is 0 Å². The van der Waals surface area contributed by atoms with Gasteiger partial charge in [0, 0.05) is 18.5 Å². The van der Waals surface area contributed by atoms with Gasteiger partial charge in [-0.2, -0.15) is 0 Å². The molecule has 1 saturated heterocycles. The number of aromatic hydroxyl groups is 2. The maximum Gasteiger partial charge on any atom is 0.157 e. The Morgan fingerprint density at radius 1 is 1.00 bits per heavy atom. The first kappa shape index (κ1) is 16.3. The predicted molar refractivity (Wildman–Crippen MR) is 96.7 cm³/mol. The second kappa shape index (κ2) is 6.54. The van der Waals surface area contributed by atoms with Crippen LogP contribution in [0.2, 0.25) is 0 Å². The van der Waals surface area contributed by atoms with Gasteiger partial charge in [-0.1, -0.05) is 30.3 Å². The fourth-order valence-corrected chi connectivity index (χ4v) is 4.13. The lowest BCUT2D eigenvalue weighted by Gasteiger charge is -2.41. The number of hydrogen-bond acceptors (Lipinski definition) is 3. The molecule has 3 atom stereocenters. The van der Waals surface area contributed by atoms with Crippen LogP contribution in [0, 0.1) is 0 Å². The molecule has 23 heavy (non-hydrogen) atoms. The van der Waals surface area contributed by atoms with Gasteiger partial charge >= 0.3 is 0 Å². The number of fused-ring (bicyclic) bond motifs is 3. The van der Waals surface area contributed by atoms with E-state index < -0.39 is 0 Å². The van der Waals surface area contributed by atoms with Gasteiger partial charge in [0.25, 0.3) is 0 Å². The summed E-state index contributed by atoms with van der Waals surface area (Å²) in [6.07, 6.45) is 3.16. The summed E-state index contributed by atoms with van der Waals surface area (Å²) < 4.78 is 0. The quantitative estimate of drug-likeness (QED) is 0.663. The van der Waals surface area contributed by atoms with Crippen molar-refractivity contribution in [3.05, 3.63) is 59.2 Å². The zero-order chi connectivity index (χ0) is 15.1. The van der Waals surface area contributed by atoms with E-state index in [0.29, 0.717) is 17.9 Å². The molecule has 0 bridgehead atoms. The Kier molecular flexibility index (Phi) is 4.64. The van der Waals surface area contributed by atoms with Crippen molar-refractivity contribution in [1.82, 2.24) is 5.32 Å². The Morgan fingerprint density at radius 3 is 2.52 bits per heavy atom. The average Bonchev–Trinajstić information content (AvgIpc) is 2.56. The molecule has 3 nitrogen and oxygen atoms in total. The SMILES string of the molecule is Br.Oc1cc2c(cc1O)[C@H]1C[C@@H](c3ccccc3)CN[C@@H]1CC2. The second-order valence-electron chi connectivity index (χ2n) is 6.54. The second-order valence-corrected chi connectivity index (χ2v) is 6.54. The van der Waals surface area contributed by atoms with Crippen molar-refractivity contribution in [2.75, 3.05) is 6.54 Å². The molecule has 0 unspecified atom stereocenters. The van der Waals surface area contributed by atoms with E-state index in [4.69, 9.17) is 0 Å². The van der Waals surface area contributed by atoms with Crippen LogP contribution in [-0.2, 0) is 6.42 Å². The fraction of sp³-hybridized carbons (Fsp3) is 0.368. The number of phenols is 2. The molecule has 122 valence electrons. The minimum absolute atomic E-state index is 0. The molecular weight excluding hydrogens is 354 g/mol. The summed E-state index contributed by atoms with van der Waals surface area (Å²) in [6.45, 7) is 1.02. The molecule has 0 amide bonds. The molecule has 2 aliphatic rings. The molecule has 3 N–H and O–H groups in total. The average molecular weight is 376 g/mol. The minimum Gasteiger partial charge on any atom is -0.504 e. The highest BCUT2D eigenvalue weighted by Gasteiger charge is 2.36. The molecule has 4 rings (SSSR count). The van der Waals surface area contributed by atoms with E-state index in [0.717, 1.165) is 25.8 Å². The van der Waals surface area contributed by atoms with Gasteiger partial charge in [0.2, 0.25) is 0 Å². The Bertz CT molecular complexity index is 689. The first-order chi connectivity index (χ1) is 10.7. The topological polar surface area (TPSA) is 52.5 Å². The molecule has 2 aromatic rings. The third kappa shape index (κ3) is 2.98. The third-order valence-electron chi connectivity index (χ3n) is 5.28. The molecule has 2 aromatic carbocycles. The van der Waals surface area contributed by atoms with Crippen LogP contribution in [0.5, 0.6) is 11.5 Å². The third-order valence-corrected chi connectivity index (χ3v) is 5.28. The number of aryl methyl sites for hydroxylation is 1. The van der Waals surface area contributed by atoms with Crippen LogP contribution in [0.25, 0.3) is 0 Å². The van der Waals surface area contributed by atoms with Gasteiger partial charge < -0.3 is 15.5 Å². The summed E-state index contributed by atoms with van der Waals surface area (Å²) in [4.78, 5) is 0. The number of piperidine rings is 1. The maximum atomic E-state index is 9.88. The van der Waals surface area contributed by atoms with Gasteiger partial charge in [0.05, 0.1) is 0 Å². The van der Waals surface area contributed by atoms with Gasteiger partial charge in [0.1, 0.15) is 0 Å². The molecule has 0 radical (unpaired) electrons. The molecule has 1 heterocycles. The van der Waals surface area contributed by atoms with Crippen LogP contribution in [0.15, 0.2) is 42.5 Å². The van der Waals surface area contributed by atoms with Gasteiger partial charge in [-0.15, -0.1) is 17.0 Å². The molecule has 0 saturated carbocycles. The summed E-state index contributed by atoms with van der Waals surface area (Å²) in [6, 6.07) is 14.6. The number of hydrogen-bond donors (Lipinski definition) is 3. The molecule has 1 aliphatic heterocycles. The largest absolute Gasteiger partial charge is 0.504 e. The van der Waals surface area contributed by atoms with Crippen LogP contribution in [0.3, 0.4) is 0 Å². The zero-order valence-electron chi connectivity index (χ0n) is 12.9. The lowest BCUT2D eigenvalue weighted by atomic mass is 9.71. The standard InChI is InChI=1S/C19H21NO2.BrH/c21-18-9-13-6-7-17-16(15(13)10-19(18)22)8-14(11-20-17)12-4-2-1-3-5-12;/h1-5,9-10,14,16-17,20-22H,6-8,11H2;1H/t14-,16-,17-;/m1./s1. The molecular formula is C19H22BrNO2. The van der Waals surface area contributed by atoms with Gasteiger partial charge in [-0.3, -0.25) is 0 Å². The molecule has 0 aromatic heterocycles. The Balaban J connectivity index is 0.00000156. The Labute approximate surface area is 147 Å². The lowest BCUT2D eigenvalue weighted by molar-refractivity contribution is 0.292. The van der Waals surface area contributed by atoms with Gasteiger partial charge in [-0.25, -0.2) is 0 Å². The highest BCUT2D eigenvalue weighted by molar-refractivity contribution is 8.93. The summed E-state index contributed by atoms with van der Waals surface area (Å²) in [7, 11) is 0. The van der Waals surface area contributed by atoms with Crippen LogP contribution in [0.1, 0.15) is 41.4 Å². The summed E-state index contributed by atoms with van der Waals surface area (Å²) >= 11 is 0. The fourth-order valence-electron chi connectivity index (χ4n) is 4.13. The molecule has 1 aliphatic carbocycles. The first-order valence-corrected chi connectivity index (χ1v) is 8.05. The number of rotatable bonds is 1. The van der Waals surface area contributed by atoms with E-state index in [9.17, 15) is 10.2 Å². The smallest absolute Gasteiger partial charge is 0.157 e. The molecule has 1 fully saturated rings. The van der Waals surface area contributed by atoms with E-state index in [-0.39, 0.29) is 28.5 Å². The van der Waals surface area contributed by atoms with Crippen molar-refractivity contribution in [3.8, 4) is 11.5 Å². The minimum atomic E-state index is 0. The Hall–Kier alpha value is -1.52. The van der Waals surface area contributed by atoms with E-state index in [1.54, 1.807) is 12.1 Å². The van der Waals surface area contributed by atoms with Crippen LogP contribution in [0.4, 0.5) is 0 Å². The first-order valence-electron chi connectivity index (χ1n) is 8.05. The van der Waals surface area contributed by atoms with E-state index in [2.05, 4.69) is 35.6 Å². The van der Waals surface area contributed by atoms with Crippen molar-refractivity contribution >= 4 is 17.0 Å². The van der Waals surface area contributed by atoms with Crippen LogP contribution < -0.4 is 5.32 Å². The normalized spacial score (nSPS) is 25.8. The number of benzene rings is 2. The molecule has 4 heteroatoms. The monoisotopic (exact) mass is 375 g/mol. The zero-order valence-corrected chi connectivity index (χ0v) is 14.6. The Morgan fingerprint density at radius 2 is 1.74 bits per heavy atom. The van der Waals surface area contributed by atoms with Crippen molar-refractivity contribution in [3.63, 3.8) is 0 Å². The van der Waals surface area contributed by atoms with Crippen LogP contribution in [-0.4, -0.2) is 22.8 Å². The number of nitrogens with one attached hydrogen (secondary N) is 1. The van der Waals surface area contributed by atoms with Crippen molar-refractivity contribution in [2.45, 2.75) is 37.1 Å². The summed E-state index contributed by atoms with van der Waals surface area (Å²) in [5.74, 6) is 0.917. The predicted octanol–water partition coefficient (Wildman–Crippen LogP) is 3.85. The molecule has 0 spiro atoms. The van der Waals surface area contributed by atoms with Gasteiger partial charge in [-0.05, 0) is 54.0 Å². The van der Waals surface area contributed by atoms with E-state index in [1.165, 1.54) is 16.7 Å². The van der Waals surface area contributed by atoms with E-state index >= 15 is 0 Å². The number of halogens is 1. The highest BCUT2D eigenvalue weighted by Crippen LogP contribution is 2.44. The van der Waals surface area contributed by atoms with Crippen LogP contribution >= 0.6 is 17.0 Å². The summed E-state index contributed by atoms with van der Waals surface area (Å²) in [5, 5.41) is 23.3.